The molecule has 0 aliphatic carbocycles. The largest absolute Gasteiger partial charge is 0.490 e. The van der Waals surface area contributed by atoms with Gasteiger partial charge in [0.05, 0.1) is 45.1 Å². The van der Waals surface area contributed by atoms with E-state index in [0.717, 1.165) is 39.1 Å². The van der Waals surface area contributed by atoms with Crippen molar-refractivity contribution in [2.24, 2.45) is 10.2 Å². The number of azide groups is 2. The standard InChI is InChI=1S/C11H20N4O3.C5H10N4O.C2HF3O2/c1-2-17-11(16)4-3-5-15-6-7-18-10(9-15)8-13-14-12;6-9-8-4-5-3-7-1-2-10-5;3-2(4,5)1(6)7/h10H,2-9H2,1H3;5,7H,1-4H2;(H,6,7). The van der Waals surface area contributed by atoms with E-state index in [2.05, 4.69) is 30.3 Å². The second kappa shape index (κ2) is 19.5. The number of hydrogen-bond donors (Lipinski definition) is 2. The molecule has 14 nitrogen and oxygen atoms in total. The number of carbonyl (C=O) groups excluding carboxylic acids is 1. The minimum absolute atomic E-state index is 0.0303. The van der Waals surface area contributed by atoms with Crippen LogP contribution < -0.4 is 5.32 Å². The number of morpholine rings is 2. The lowest BCUT2D eigenvalue weighted by Crippen LogP contribution is -2.44. The van der Waals surface area contributed by atoms with Gasteiger partial charge in [0.2, 0.25) is 0 Å². The molecule has 2 unspecified atom stereocenters. The number of hydrogen-bond acceptors (Lipinski definition) is 9. The summed E-state index contributed by atoms with van der Waals surface area (Å²) in [6, 6.07) is 0. The zero-order valence-corrected chi connectivity index (χ0v) is 19.4. The Hall–Kier alpha value is -2.81. The fourth-order valence-corrected chi connectivity index (χ4v) is 2.77. The van der Waals surface area contributed by atoms with Gasteiger partial charge in [-0.2, -0.15) is 13.2 Å². The Morgan fingerprint density at radius 3 is 2.29 bits per heavy atom. The molecule has 2 rings (SSSR count). The van der Waals surface area contributed by atoms with Crippen LogP contribution in [0, 0.1) is 0 Å². The van der Waals surface area contributed by atoms with Crippen LogP contribution in [0.5, 0.6) is 0 Å². The van der Waals surface area contributed by atoms with E-state index in [1.807, 2.05) is 0 Å². The highest BCUT2D eigenvalue weighted by molar-refractivity contribution is 5.73. The number of alkyl halides is 3. The maximum atomic E-state index is 11.2. The van der Waals surface area contributed by atoms with Gasteiger partial charge in [0, 0.05) is 42.4 Å². The molecule has 0 spiro atoms. The number of carboxylic acids is 1. The highest BCUT2D eigenvalue weighted by Crippen LogP contribution is 2.13. The second-order valence-electron chi connectivity index (χ2n) is 7.03. The van der Waals surface area contributed by atoms with Crippen molar-refractivity contribution in [3.63, 3.8) is 0 Å². The van der Waals surface area contributed by atoms with Gasteiger partial charge < -0.3 is 24.6 Å². The summed E-state index contributed by atoms with van der Waals surface area (Å²) < 4.78 is 47.3. The Balaban J connectivity index is 0.000000569. The number of nitrogens with one attached hydrogen (secondary N) is 1. The van der Waals surface area contributed by atoms with Crippen molar-refractivity contribution in [1.82, 2.24) is 10.2 Å². The summed E-state index contributed by atoms with van der Waals surface area (Å²) in [7, 11) is 0. The zero-order chi connectivity index (χ0) is 26.5. The fraction of sp³-hybridized carbons (Fsp3) is 0.889. The maximum Gasteiger partial charge on any atom is 0.490 e. The van der Waals surface area contributed by atoms with E-state index in [1.165, 1.54) is 0 Å². The van der Waals surface area contributed by atoms with Crippen molar-refractivity contribution < 1.29 is 42.1 Å². The summed E-state index contributed by atoms with van der Waals surface area (Å²) in [6.45, 7) is 8.54. The average molecular weight is 512 g/mol. The van der Waals surface area contributed by atoms with Crippen LogP contribution in [0.1, 0.15) is 19.8 Å². The van der Waals surface area contributed by atoms with Crippen LogP contribution in [0.4, 0.5) is 13.2 Å². The van der Waals surface area contributed by atoms with E-state index in [4.69, 9.17) is 35.2 Å². The number of carboxylic acid groups (broad SMARTS) is 1. The minimum Gasteiger partial charge on any atom is -0.475 e. The van der Waals surface area contributed by atoms with Crippen molar-refractivity contribution in [3.05, 3.63) is 20.9 Å². The maximum absolute atomic E-state index is 11.2. The Bertz CT molecular complexity index is 711. The molecule has 2 aliphatic heterocycles. The van der Waals surface area contributed by atoms with Gasteiger partial charge in [0.25, 0.3) is 0 Å². The highest BCUT2D eigenvalue weighted by atomic mass is 19.4. The van der Waals surface area contributed by atoms with E-state index >= 15 is 0 Å². The van der Waals surface area contributed by atoms with E-state index in [1.54, 1.807) is 6.92 Å². The summed E-state index contributed by atoms with van der Waals surface area (Å²) in [5.74, 6) is -2.90. The van der Waals surface area contributed by atoms with E-state index in [-0.39, 0.29) is 18.2 Å². The van der Waals surface area contributed by atoms with Crippen molar-refractivity contribution in [1.29, 1.82) is 0 Å². The van der Waals surface area contributed by atoms with Crippen molar-refractivity contribution in [2.75, 3.05) is 65.6 Å². The first-order valence-electron chi connectivity index (χ1n) is 10.8. The smallest absolute Gasteiger partial charge is 0.475 e. The second-order valence-corrected chi connectivity index (χ2v) is 7.03. The summed E-state index contributed by atoms with van der Waals surface area (Å²) in [5, 5.41) is 17.2. The molecule has 2 saturated heterocycles. The molecule has 0 saturated carbocycles. The number of aliphatic carboxylic acids is 1. The van der Waals surface area contributed by atoms with Crippen LogP contribution in [0.2, 0.25) is 0 Å². The zero-order valence-electron chi connectivity index (χ0n) is 19.4. The SMILES string of the molecule is CCOC(=O)CCCN1CCOC(CN=[N+]=[N-])C1.O=C(O)C(F)(F)F.[N-]=[N+]=NCC1CNCCO1. The molecule has 2 fully saturated rings. The lowest BCUT2D eigenvalue weighted by atomic mass is 10.2. The number of rotatable bonds is 9. The molecule has 35 heavy (non-hydrogen) atoms. The predicted molar refractivity (Wildman–Crippen MR) is 116 cm³/mol. The van der Waals surface area contributed by atoms with Gasteiger partial charge in [0.1, 0.15) is 0 Å². The first kappa shape index (κ1) is 32.2. The number of halogens is 3. The Morgan fingerprint density at radius 2 is 1.77 bits per heavy atom. The molecule has 0 radical (unpaired) electrons. The normalized spacial score (nSPS) is 19.9. The average Bonchev–Trinajstić information content (AvgIpc) is 2.83. The molecule has 200 valence electrons. The summed E-state index contributed by atoms with van der Waals surface area (Å²) >= 11 is 0. The van der Waals surface area contributed by atoms with Crippen molar-refractivity contribution >= 4 is 11.9 Å². The third-order valence-electron chi connectivity index (χ3n) is 4.33. The van der Waals surface area contributed by atoms with Gasteiger partial charge in [0.15, 0.2) is 0 Å². The van der Waals surface area contributed by atoms with Crippen LogP contribution in [0.15, 0.2) is 10.2 Å². The predicted octanol–water partition coefficient (Wildman–Crippen LogP) is 2.26. The minimum atomic E-state index is -5.08. The molecular weight excluding hydrogens is 481 g/mol. The molecule has 0 bridgehead atoms. The first-order valence-corrected chi connectivity index (χ1v) is 10.8. The first-order chi connectivity index (χ1) is 16.6. The Labute approximate surface area is 199 Å². The van der Waals surface area contributed by atoms with Gasteiger partial charge in [-0.25, -0.2) is 4.79 Å². The molecule has 0 aromatic rings. The molecular formula is C18H31F3N8O6. The van der Waals surface area contributed by atoms with Crippen LogP contribution in [0.25, 0.3) is 20.9 Å². The van der Waals surface area contributed by atoms with Crippen LogP contribution in [-0.2, 0) is 23.8 Å². The van der Waals surface area contributed by atoms with Gasteiger partial charge in [-0.3, -0.25) is 9.69 Å². The molecule has 2 aliphatic rings. The highest BCUT2D eigenvalue weighted by Gasteiger charge is 2.38. The molecule has 17 heteroatoms. The van der Waals surface area contributed by atoms with Gasteiger partial charge in [-0.15, -0.1) is 0 Å². The topological polar surface area (TPSA) is 195 Å². The Morgan fingerprint density at radius 1 is 1.17 bits per heavy atom. The molecule has 2 N–H and O–H groups in total. The number of ether oxygens (including phenoxy) is 3. The van der Waals surface area contributed by atoms with Crippen LogP contribution in [0.3, 0.4) is 0 Å². The van der Waals surface area contributed by atoms with E-state index < -0.39 is 12.1 Å². The number of nitrogens with zero attached hydrogens (tertiary/aromatic N) is 7. The quantitative estimate of drug-likeness (QED) is 0.203. The molecule has 0 aromatic heterocycles. The van der Waals surface area contributed by atoms with Gasteiger partial charge in [-0.05, 0) is 31.0 Å². The molecule has 2 heterocycles. The third kappa shape index (κ3) is 18.2. The van der Waals surface area contributed by atoms with Crippen molar-refractivity contribution in [3.8, 4) is 0 Å². The van der Waals surface area contributed by atoms with E-state index in [9.17, 15) is 18.0 Å². The van der Waals surface area contributed by atoms with E-state index in [0.29, 0.717) is 39.3 Å². The van der Waals surface area contributed by atoms with Crippen LogP contribution in [-0.4, -0.2) is 106 Å². The summed E-state index contributed by atoms with van der Waals surface area (Å²) in [5.41, 5.74) is 16.2. The monoisotopic (exact) mass is 512 g/mol. The Kier molecular flexibility index (Phi) is 17.9. The number of carbonyl (C=O) groups is 2. The van der Waals surface area contributed by atoms with Gasteiger partial charge >= 0.3 is 18.1 Å². The summed E-state index contributed by atoms with van der Waals surface area (Å²) in [6.07, 6.45) is -3.80. The molecule has 0 amide bonds. The third-order valence-corrected chi connectivity index (χ3v) is 4.33. The van der Waals surface area contributed by atoms with Gasteiger partial charge in [-0.1, -0.05) is 10.2 Å². The fourth-order valence-electron chi connectivity index (χ4n) is 2.77. The molecule has 2 atom stereocenters. The lowest BCUT2D eigenvalue weighted by molar-refractivity contribution is -0.192. The van der Waals surface area contributed by atoms with Crippen LogP contribution >= 0.6 is 0 Å². The lowest BCUT2D eigenvalue weighted by Gasteiger charge is -2.32. The van der Waals surface area contributed by atoms with Crippen molar-refractivity contribution in [2.45, 2.75) is 38.1 Å². The number of esters is 1. The summed E-state index contributed by atoms with van der Waals surface area (Å²) in [4.78, 5) is 27.7. The molecule has 0 aromatic carbocycles.